The number of halogens is 6. The van der Waals surface area contributed by atoms with Crippen LogP contribution < -0.4 is 26.6 Å². The van der Waals surface area contributed by atoms with Gasteiger partial charge in [-0.15, -0.1) is 0 Å². The van der Waals surface area contributed by atoms with Crippen LogP contribution in [-0.2, 0) is 116 Å². The fourth-order valence-electron chi connectivity index (χ4n) is 10.5. The van der Waals surface area contributed by atoms with Crippen LogP contribution >= 0.6 is 0 Å². The van der Waals surface area contributed by atoms with Crippen LogP contribution in [0, 0.1) is 0 Å². The van der Waals surface area contributed by atoms with Crippen molar-refractivity contribution in [2.24, 2.45) is 0 Å². The lowest BCUT2D eigenvalue weighted by Crippen LogP contribution is -2.66. The zero-order chi connectivity index (χ0) is 66.4. The molecule has 7 rings (SSSR count). The summed E-state index contributed by atoms with van der Waals surface area (Å²) in [4.78, 5) is 61.8. The number of methoxy groups -OCH3 is 1. The maximum absolute atomic E-state index is 13.2. The lowest BCUT2D eigenvalue weighted by atomic mass is 9.88. The molecule has 5 amide bonds. The van der Waals surface area contributed by atoms with Crippen molar-refractivity contribution in [3.63, 3.8) is 0 Å². The predicted molar refractivity (Wildman–Crippen MR) is 298 cm³/mol. The highest BCUT2D eigenvalue weighted by molar-refractivity contribution is 5.82. The molecule has 0 radical (unpaired) electrons. The number of carbonyl (C=O) groups is 5. The number of alkyl halides is 6. The molecule has 6 aliphatic rings. The third-order valence-electron chi connectivity index (χ3n) is 14.7. The quantitative estimate of drug-likeness (QED) is 0.0447. The van der Waals surface area contributed by atoms with Gasteiger partial charge in [0.15, 0.2) is 24.2 Å². The first kappa shape index (κ1) is 74.6. The van der Waals surface area contributed by atoms with Crippen molar-refractivity contribution < 1.29 is 140 Å². The molecule has 12 atom stereocenters. The van der Waals surface area contributed by atoms with Gasteiger partial charge in [-0.05, 0) is 33.3 Å². The molecule has 1 aromatic carbocycles. The molecule has 0 aromatic heterocycles. The number of carbonyl (C=O) groups excluding carboxylic acids is 5. The van der Waals surface area contributed by atoms with Gasteiger partial charge in [-0.2, -0.15) is 26.3 Å². The van der Waals surface area contributed by atoms with Gasteiger partial charge in [0.2, 0.25) is 11.8 Å². The summed E-state index contributed by atoms with van der Waals surface area (Å²) >= 11 is 0. The largest absolute Gasteiger partial charge is 0.471 e. The van der Waals surface area contributed by atoms with E-state index >= 15 is 0 Å². The Morgan fingerprint density at radius 2 is 1.00 bits per heavy atom. The molecule has 6 fully saturated rings. The number of nitrogens with one attached hydrogen (secondary N) is 5. The smallest absolute Gasteiger partial charge is 0.445 e. The van der Waals surface area contributed by atoms with Gasteiger partial charge in [0.1, 0.15) is 60.4 Å². The second kappa shape index (κ2) is 35.3. The van der Waals surface area contributed by atoms with Crippen molar-refractivity contribution in [2.45, 2.75) is 143 Å². The van der Waals surface area contributed by atoms with Gasteiger partial charge >= 0.3 is 30.3 Å². The Kier molecular flexibility index (Phi) is 28.6. The topological polar surface area (TPSA) is 321 Å². The summed E-state index contributed by atoms with van der Waals surface area (Å²) in [5, 5.41) is 12.0. The molecular formula is C57H85F6N5O24. The summed E-state index contributed by atoms with van der Waals surface area (Å²) in [5.41, 5.74) is -1.72. The first-order chi connectivity index (χ1) is 43.8. The molecule has 0 aliphatic carbocycles. The number of amides is 5. The van der Waals surface area contributed by atoms with E-state index in [1.165, 1.54) is 7.11 Å². The first-order valence-corrected chi connectivity index (χ1v) is 30.1. The van der Waals surface area contributed by atoms with Crippen molar-refractivity contribution in [2.75, 3.05) is 152 Å². The summed E-state index contributed by atoms with van der Waals surface area (Å²) in [5.74, 6) is -7.38. The van der Waals surface area contributed by atoms with E-state index in [0.29, 0.717) is 6.61 Å². The van der Waals surface area contributed by atoms with Gasteiger partial charge in [-0.1, -0.05) is 30.3 Å². The number of benzene rings is 1. The second-order valence-corrected chi connectivity index (χ2v) is 23.0. The molecule has 4 bridgehead atoms. The minimum absolute atomic E-state index is 0.000669. The van der Waals surface area contributed by atoms with E-state index in [4.69, 9.17) is 90.0 Å². The molecule has 35 heteroatoms. The number of alkyl carbamates (subject to hydrolysis) is 1. The monoisotopic (exact) mass is 1340 g/mol. The van der Waals surface area contributed by atoms with E-state index < -0.39 is 114 Å². The lowest BCUT2D eigenvalue weighted by molar-refractivity contribution is -0.220. The molecule has 6 heterocycles. The fraction of sp³-hybridized carbons (Fsp3) is 0.807. The zero-order valence-corrected chi connectivity index (χ0v) is 51.9. The molecule has 5 N–H and O–H groups in total. The van der Waals surface area contributed by atoms with Crippen LogP contribution in [0.4, 0.5) is 31.1 Å². The Labute approximate surface area is 527 Å². The van der Waals surface area contributed by atoms with E-state index in [0.717, 1.165) is 5.56 Å². The molecule has 6 aliphatic heterocycles. The highest BCUT2D eigenvalue weighted by Gasteiger charge is 2.68. The van der Waals surface area contributed by atoms with E-state index in [9.17, 15) is 50.3 Å². The molecule has 6 saturated heterocycles. The summed E-state index contributed by atoms with van der Waals surface area (Å²) in [7, 11) is 1.52. The van der Waals surface area contributed by atoms with Crippen LogP contribution in [-0.4, -0.2) is 278 Å². The maximum Gasteiger partial charge on any atom is 0.471 e. The van der Waals surface area contributed by atoms with E-state index in [2.05, 4.69) is 16.0 Å². The van der Waals surface area contributed by atoms with E-state index in [1.54, 1.807) is 52.0 Å². The molecule has 0 spiro atoms. The third-order valence-corrected chi connectivity index (χ3v) is 14.7. The van der Waals surface area contributed by atoms with Crippen LogP contribution in [0.2, 0.25) is 0 Å². The Hall–Kier alpha value is -4.77. The summed E-state index contributed by atoms with van der Waals surface area (Å²) < 4.78 is 188. The molecular weight excluding hydrogens is 1250 g/mol. The molecule has 524 valence electrons. The number of ether oxygens (including phenoxy) is 19. The Bertz CT molecular complexity index is 2460. The maximum atomic E-state index is 13.2. The number of rotatable bonds is 42. The van der Waals surface area contributed by atoms with Crippen LogP contribution in [0.15, 0.2) is 30.3 Å². The van der Waals surface area contributed by atoms with Crippen LogP contribution in [0.5, 0.6) is 0 Å². The Morgan fingerprint density at radius 3 is 1.51 bits per heavy atom. The first-order valence-electron chi connectivity index (χ1n) is 30.1. The summed E-state index contributed by atoms with van der Waals surface area (Å²) in [6, 6.07) is 5.72. The normalized spacial score (nSPS) is 27.4. The minimum Gasteiger partial charge on any atom is -0.445 e. The molecule has 29 nitrogen and oxygen atoms in total. The zero-order valence-electron chi connectivity index (χ0n) is 51.9. The number of hydrogen-bond donors (Lipinski definition) is 5. The van der Waals surface area contributed by atoms with Gasteiger partial charge in [0.05, 0.1) is 138 Å². The van der Waals surface area contributed by atoms with Gasteiger partial charge in [0.25, 0.3) is 0 Å². The van der Waals surface area contributed by atoms with Crippen LogP contribution in [0.3, 0.4) is 0 Å². The van der Waals surface area contributed by atoms with Crippen molar-refractivity contribution in [1.29, 1.82) is 0 Å². The predicted octanol–water partition coefficient (Wildman–Crippen LogP) is 0.843. The van der Waals surface area contributed by atoms with Crippen molar-refractivity contribution in [3.8, 4) is 0 Å². The van der Waals surface area contributed by atoms with Crippen LogP contribution in [0.1, 0.15) is 46.1 Å². The molecule has 1 aromatic rings. The fourth-order valence-corrected chi connectivity index (χ4v) is 10.5. The van der Waals surface area contributed by atoms with E-state index in [-0.39, 0.29) is 170 Å². The van der Waals surface area contributed by atoms with Crippen LogP contribution in [0.25, 0.3) is 0 Å². The van der Waals surface area contributed by atoms with Gasteiger partial charge in [-0.25, -0.2) is 4.79 Å². The van der Waals surface area contributed by atoms with Gasteiger partial charge in [-0.3, -0.25) is 19.2 Å². The summed E-state index contributed by atoms with van der Waals surface area (Å²) in [6.07, 6.45) is -18.1. The summed E-state index contributed by atoms with van der Waals surface area (Å²) in [6.45, 7) is 8.32. The third kappa shape index (κ3) is 23.0. The molecule has 2 unspecified atom stereocenters. The molecule has 0 saturated carbocycles. The number of hydrogen-bond acceptors (Lipinski definition) is 24. The van der Waals surface area contributed by atoms with Gasteiger partial charge in [0, 0.05) is 33.0 Å². The van der Waals surface area contributed by atoms with Gasteiger partial charge < -0.3 is 117 Å². The van der Waals surface area contributed by atoms with Crippen molar-refractivity contribution in [3.05, 3.63) is 35.9 Å². The average molecular weight is 1340 g/mol. The SMILES string of the molecule is COCCOCC(COC[C@@]12CO[C@@H](O1)[C@H](NC(=O)C(F)(F)F)[C@H]1OC(C)(C)O[C@H]12)OCCNC(=O)CCOCC(COCCC(=O)NCCOCCOCCOCCOC[C@@]12CO[C@@H](O1)[C@H](NC(=O)C(F)(F)F)[C@H]1OC(C)(C)O[C@H]12)NC(=O)OCc1ccccc1. The van der Waals surface area contributed by atoms with Crippen molar-refractivity contribution in [1.82, 2.24) is 26.6 Å². The number of fused-ring (bicyclic) bond motifs is 8. The second-order valence-electron chi connectivity index (χ2n) is 23.0. The highest BCUT2D eigenvalue weighted by atomic mass is 19.4. The minimum atomic E-state index is -5.16. The standard InChI is InChI=1S/C57H85F6N5O24/c1-52(2)87-43-41(67-49(71)56(58,59)60)47-85-34-54(91-47,45(43)89-52)32-81-26-25-77-24-23-76-22-21-75-17-13-64-39(69)11-15-78-28-37(66-51(73)84-27-36-9-7-6-8-10-36)29-79-16-12-40(70)65-14-18-83-38(30-80-20-19-74-5)31-82-33-55-35-86-48(92-55)42(68-50(72)57(61,62)63)44-46(55)90-53(3,4)88-44/h6-10,37-38,41-48H,11-35H2,1-5H3,(H,64,69)(H,65,70)(H,66,73)(H,67,71)(H,68,72)/t37?,38?,41-,42-,43-,44-,45-,46-,47+,48+,54+,55+/m1/s1. The molecule has 92 heavy (non-hydrogen) atoms. The van der Waals surface area contributed by atoms with E-state index in [1.807, 2.05) is 16.7 Å². The Balaban J connectivity index is 0.720. The lowest BCUT2D eigenvalue weighted by Gasteiger charge is -2.42. The Morgan fingerprint density at radius 1 is 0.543 bits per heavy atom. The van der Waals surface area contributed by atoms with Crippen molar-refractivity contribution >= 4 is 29.7 Å². The highest BCUT2D eigenvalue weighted by Crippen LogP contribution is 2.48. The average Bonchev–Trinajstić information content (AvgIpc) is 1.57.